The van der Waals surface area contributed by atoms with Gasteiger partial charge in [0.1, 0.15) is 0 Å². The lowest BCUT2D eigenvalue weighted by molar-refractivity contribution is -0.937. The van der Waals surface area contributed by atoms with Crippen molar-refractivity contribution < 1.29 is 14.7 Å². The number of unbranched alkanes of at least 4 members (excludes halogenated alkanes) is 13. The van der Waals surface area contributed by atoms with Crippen molar-refractivity contribution in [2.24, 2.45) is 0 Å². The Morgan fingerprint density at radius 1 is 0.714 bits per heavy atom. The van der Waals surface area contributed by atoms with E-state index in [1.165, 1.54) is 89.9 Å². The van der Waals surface area contributed by atoms with E-state index in [-0.39, 0.29) is 6.23 Å². The van der Waals surface area contributed by atoms with Crippen molar-refractivity contribution in [1.29, 1.82) is 0 Å². The van der Waals surface area contributed by atoms with Crippen molar-refractivity contribution in [1.82, 2.24) is 0 Å². The van der Waals surface area contributed by atoms with Crippen molar-refractivity contribution >= 4 is 0 Å². The summed E-state index contributed by atoms with van der Waals surface area (Å²) in [5.41, 5.74) is 0. The van der Waals surface area contributed by atoms with Gasteiger partial charge in [-0.2, -0.15) is 0 Å². The van der Waals surface area contributed by atoms with Gasteiger partial charge in [-0.05, 0) is 19.3 Å². The van der Waals surface area contributed by atoms with Crippen LogP contribution in [0.25, 0.3) is 0 Å². The topological polar surface area (TPSA) is 86.4 Å². The summed E-state index contributed by atoms with van der Waals surface area (Å²) >= 11 is 0. The minimum Gasteiger partial charge on any atom is -0.356 e. The van der Waals surface area contributed by atoms with Crippen molar-refractivity contribution in [3.05, 3.63) is 15.3 Å². The molecule has 0 aromatic heterocycles. The Labute approximate surface area is 174 Å². The minimum atomic E-state index is -1.75. The van der Waals surface area contributed by atoms with Crippen LogP contribution in [-0.4, -0.2) is 41.5 Å². The molecule has 0 aromatic rings. The third-order valence-electron chi connectivity index (χ3n) is 5.44. The van der Waals surface area contributed by atoms with Crippen LogP contribution in [0.1, 0.15) is 117 Å². The highest BCUT2D eigenvalue weighted by Crippen LogP contribution is 2.15. The molecule has 28 heavy (non-hydrogen) atoms. The van der Waals surface area contributed by atoms with Crippen LogP contribution in [-0.2, 0) is 0 Å². The van der Waals surface area contributed by atoms with Gasteiger partial charge in [0.05, 0.1) is 25.7 Å². The van der Waals surface area contributed by atoms with Crippen LogP contribution < -0.4 is 0 Å². The molecule has 0 bridgehead atoms. The molecule has 6 heteroatoms. The number of aliphatic hydroxyl groups excluding tert-OH is 1. The van der Waals surface area contributed by atoms with Gasteiger partial charge >= 0.3 is 0 Å². The van der Waals surface area contributed by atoms with Crippen LogP contribution in [0.4, 0.5) is 0 Å². The number of aliphatic hydroxyl groups is 1. The van der Waals surface area contributed by atoms with E-state index in [0.717, 1.165) is 23.9 Å². The predicted octanol–water partition coefficient (Wildman–Crippen LogP) is 6.42. The van der Waals surface area contributed by atoms with Crippen LogP contribution >= 0.6 is 0 Å². The molecule has 1 N–H and O–H groups in total. The molecule has 6 nitrogen and oxygen atoms in total. The summed E-state index contributed by atoms with van der Waals surface area (Å²) in [6.45, 7) is 5.55. The number of rotatable bonds is 18. The normalized spacial score (nSPS) is 12.3. The van der Waals surface area contributed by atoms with E-state index in [2.05, 4.69) is 27.9 Å². The first kappa shape index (κ1) is 29.3. The van der Waals surface area contributed by atoms with E-state index in [4.69, 9.17) is 15.3 Å². The Morgan fingerprint density at radius 2 is 1.04 bits per heavy atom. The zero-order chi connectivity index (χ0) is 21.7. The van der Waals surface area contributed by atoms with Gasteiger partial charge in [0.2, 0.25) is 0 Å². The fraction of sp³-hybridized carbons (Fsp3) is 1.00. The summed E-state index contributed by atoms with van der Waals surface area (Å²) in [7, 11) is 4.34. The molecule has 0 heterocycles. The highest BCUT2D eigenvalue weighted by Gasteiger charge is 2.24. The lowest BCUT2D eigenvalue weighted by atomic mass is 10.0. The Balaban J connectivity index is 0. The molecule has 0 saturated heterocycles. The first-order chi connectivity index (χ1) is 13.3. The second-order valence-corrected chi connectivity index (χ2v) is 8.59. The summed E-state index contributed by atoms with van der Waals surface area (Å²) in [4.78, 5) is 8.25. The van der Waals surface area contributed by atoms with E-state index < -0.39 is 5.09 Å². The van der Waals surface area contributed by atoms with E-state index >= 15 is 0 Å². The zero-order valence-electron chi connectivity index (χ0n) is 19.2. The molecular formula is C22H48N2O4. The molecule has 1 atom stereocenters. The molecule has 0 aliphatic carbocycles. The van der Waals surface area contributed by atoms with Crippen LogP contribution in [0.2, 0.25) is 0 Å². The number of nitrogens with zero attached hydrogens (tertiary/aromatic N) is 2. The highest BCUT2D eigenvalue weighted by molar-refractivity contribution is 4.50. The van der Waals surface area contributed by atoms with Crippen molar-refractivity contribution in [2.75, 3.05) is 20.6 Å². The Kier molecular flexibility index (Phi) is 21.8. The summed E-state index contributed by atoms with van der Waals surface area (Å²) in [5, 5.41) is 24.9. The van der Waals surface area contributed by atoms with Gasteiger partial charge in [0, 0.05) is 6.42 Å². The summed E-state index contributed by atoms with van der Waals surface area (Å²) in [6, 6.07) is 0. The van der Waals surface area contributed by atoms with Crippen molar-refractivity contribution in [3.63, 3.8) is 0 Å². The van der Waals surface area contributed by atoms with Gasteiger partial charge < -0.3 is 24.9 Å². The van der Waals surface area contributed by atoms with E-state index in [9.17, 15) is 5.11 Å². The van der Waals surface area contributed by atoms with Crippen molar-refractivity contribution in [2.45, 2.75) is 123 Å². The van der Waals surface area contributed by atoms with Gasteiger partial charge in [-0.15, -0.1) is 0 Å². The van der Waals surface area contributed by atoms with Gasteiger partial charge in [-0.1, -0.05) is 90.9 Å². The van der Waals surface area contributed by atoms with E-state index in [1.807, 2.05) is 0 Å². The van der Waals surface area contributed by atoms with Crippen LogP contribution in [0.15, 0.2) is 0 Å². The first-order valence-corrected chi connectivity index (χ1v) is 11.6. The quantitative estimate of drug-likeness (QED) is 0.0938. The van der Waals surface area contributed by atoms with Crippen LogP contribution in [0.5, 0.6) is 0 Å². The monoisotopic (exact) mass is 404 g/mol. The SMILES string of the molecule is CCCCCCCCCCCCCCCC[N+](C)(C)C(O)CCC.O=[N+]([O-])[O-]. The van der Waals surface area contributed by atoms with Crippen LogP contribution in [0, 0.1) is 15.3 Å². The lowest BCUT2D eigenvalue weighted by Gasteiger charge is -2.34. The molecular weight excluding hydrogens is 356 g/mol. The van der Waals surface area contributed by atoms with Crippen molar-refractivity contribution in [3.8, 4) is 0 Å². The maximum absolute atomic E-state index is 10.2. The third kappa shape index (κ3) is 23.2. The number of quaternary nitrogens is 1. The zero-order valence-corrected chi connectivity index (χ0v) is 19.2. The minimum absolute atomic E-state index is 0.183. The second-order valence-electron chi connectivity index (χ2n) is 8.59. The van der Waals surface area contributed by atoms with E-state index in [0.29, 0.717) is 0 Å². The number of hydrogen-bond acceptors (Lipinski definition) is 4. The maximum Gasteiger partial charge on any atom is 0.190 e. The molecule has 1 unspecified atom stereocenters. The van der Waals surface area contributed by atoms with Gasteiger partial charge in [0.15, 0.2) is 6.23 Å². The lowest BCUT2D eigenvalue weighted by Crippen LogP contribution is -2.49. The first-order valence-electron chi connectivity index (χ1n) is 11.6. The fourth-order valence-electron chi connectivity index (χ4n) is 3.47. The summed E-state index contributed by atoms with van der Waals surface area (Å²) in [6.07, 6.45) is 21.5. The van der Waals surface area contributed by atoms with Gasteiger partial charge in [-0.3, -0.25) is 0 Å². The molecule has 0 spiro atoms. The third-order valence-corrected chi connectivity index (χ3v) is 5.44. The smallest absolute Gasteiger partial charge is 0.190 e. The predicted molar refractivity (Wildman–Crippen MR) is 119 cm³/mol. The molecule has 0 radical (unpaired) electrons. The van der Waals surface area contributed by atoms with Gasteiger partial charge in [-0.25, -0.2) is 0 Å². The molecule has 0 saturated carbocycles. The molecule has 0 fully saturated rings. The highest BCUT2D eigenvalue weighted by atomic mass is 16.9. The second kappa shape index (κ2) is 20.8. The standard InChI is InChI=1S/C22H48NO.NO3/c1-5-7-8-9-10-11-12-13-14-15-16-17-18-19-21-23(3,4)22(24)20-6-2;2-1(3)4/h22,24H,5-21H2,1-4H3;/q+1;-1. The molecule has 0 amide bonds. The fourth-order valence-corrected chi connectivity index (χ4v) is 3.47. The Hall–Kier alpha value is -0.880. The molecule has 0 aliphatic heterocycles. The number of hydrogen-bond donors (Lipinski definition) is 1. The average Bonchev–Trinajstić information content (AvgIpc) is 2.61. The van der Waals surface area contributed by atoms with E-state index in [1.54, 1.807) is 0 Å². The Morgan fingerprint density at radius 3 is 1.36 bits per heavy atom. The average molecular weight is 405 g/mol. The molecule has 0 aromatic carbocycles. The largest absolute Gasteiger partial charge is 0.356 e. The van der Waals surface area contributed by atoms with Crippen LogP contribution in [0.3, 0.4) is 0 Å². The van der Waals surface area contributed by atoms with Gasteiger partial charge in [0.25, 0.3) is 0 Å². The molecule has 0 rings (SSSR count). The molecule has 0 aliphatic rings. The Bertz CT molecular complexity index is 334. The summed E-state index contributed by atoms with van der Waals surface area (Å²) in [5.74, 6) is 0. The maximum atomic E-state index is 10.2. The summed E-state index contributed by atoms with van der Waals surface area (Å²) < 4.78 is 0.770. The molecule has 170 valence electrons.